The van der Waals surface area contributed by atoms with Gasteiger partial charge in [0, 0.05) is 51.9 Å². The van der Waals surface area contributed by atoms with Gasteiger partial charge in [-0.1, -0.05) is 0 Å². The molecule has 2 N–H and O–H groups in total. The number of piperazine rings is 1. The lowest BCUT2D eigenvalue weighted by Gasteiger charge is -2.46. The van der Waals surface area contributed by atoms with Crippen LogP contribution < -0.4 is 10.6 Å². The van der Waals surface area contributed by atoms with Gasteiger partial charge in [-0.3, -0.25) is 4.90 Å². The standard InChI is InChI=1S/C17H34N4O2/c1-14(2)21-9-5-17(6-10-21,19-16(22)23-15(3)4)13-20-11-7-18-8-12-20/h14-15,18H,5-13H2,1-4H3,(H,19,22). The predicted octanol–water partition coefficient (Wildman–Crippen LogP) is 1.27. The minimum absolute atomic E-state index is 0.0815. The summed E-state index contributed by atoms with van der Waals surface area (Å²) in [6, 6.07) is 0.565. The predicted molar refractivity (Wildman–Crippen MR) is 92.7 cm³/mol. The topological polar surface area (TPSA) is 56.8 Å². The third-order valence-electron chi connectivity index (χ3n) is 4.93. The summed E-state index contributed by atoms with van der Waals surface area (Å²) in [7, 11) is 0. The second-order valence-electron chi connectivity index (χ2n) is 7.52. The fourth-order valence-corrected chi connectivity index (χ4v) is 3.55. The third kappa shape index (κ3) is 5.62. The number of hydrogen-bond acceptors (Lipinski definition) is 5. The van der Waals surface area contributed by atoms with Gasteiger partial charge < -0.3 is 20.3 Å². The second-order valence-corrected chi connectivity index (χ2v) is 7.52. The Morgan fingerprint density at radius 1 is 1.13 bits per heavy atom. The van der Waals surface area contributed by atoms with Gasteiger partial charge in [0.05, 0.1) is 11.6 Å². The van der Waals surface area contributed by atoms with E-state index in [0.717, 1.165) is 58.7 Å². The minimum Gasteiger partial charge on any atom is -0.447 e. The van der Waals surface area contributed by atoms with E-state index in [-0.39, 0.29) is 17.7 Å². The molecule has 0 unspecified atom stereocenters. The zero-order valence-electron chi connectivity index (χ0n) is 15.2. The maximum Gasteiger partial charge on any atom is 0.407 e. The molecule has 2 aliphatic heterocycles. The lowest BCUT2D eigenvalue weighted by Crippen LogP contribution is -2.62. The number of ether oxygens (including phenoxy) is 1. The largest absolute Gasteiger partial charge is 0.447 e. The molecule has 0 saturated carbocycles. The molecule has 6 nitrogen and oxygen atoms in total. The van der Waals surface area contributed by atoms with Crippen molar-refractivity contribution in [2.75, 3.05) is 45.8 Å². The molecule has 23 heavy (non-hydrogen) atoms. The van der Waals surface area contributed by atoms with E-state index in [2.05, 4.69) is 34.3 Å². The van der Waals surface area contributed by atoms with Gasteiger partial charge in [-0.25, -0.2) is 4.79 Å². The van der Waals surface area contributed by atoms with Crippen LogP contribution >= 0.6 is 0 Å². The molecule has 0 aliphatic carbocycles. The lowest BCUT2D eigenvalue weighted by molar-refractivity contribution is 0.0573. The number of likely N-dealkylation sites (tertiary alicyclic amines) is 1. The first kappa shape index (κ1) is 18.5. The number of amides is 1. The number of piperidine rings is 1. The van der Waals surface area contributed by atoms with Crippen molar-refractivity contribution in [3.63, 3.8) is 0 Å². The monoisotopic (exact) mass is 326 g/mol. The molecule has 0 aromatic carbocycles. The Kier molecular flexibility index (Phi) is 6.68. The quantitative estimate of drug-likeness (QED) is 0.797. The Hall–Kier alpha value is -0.850. The highest BCUT2D eigenvalue weighted by atomic mass is 16.6. The highest BCUT2D eigenvalue weighted by Crippen LogP contribution is 2.25. The molecule has 2 rings (SSSR count). The molecule has 0 spiro atoms. The summed E-state index contributed by atoms with van der Waals surface area (Å²) in [6.07, 6.45) is 1.63. The number of rotatable bonds is 5. The molecule has 2 fully saturated rings. The highest BCUT2D eigenvalue weighted by molar-refractivity contribution is 5.68. The molecule has 2 saturated heterocycles. The van der Waals surface area contributed by atoms with Crippen LogP contribution in [0.1, 0.15) is 40.5 Å². The van der Waals surface area contributed by atoms with E-state index in [9.17, 15) is 4.79 Å². The number of alkyl carbamates (subject to hydrolysis) is 1. The maximum absolute atomic E-state index is 12.2. The van der Waals surface area contributed by atoms with Crippen LogP contribution in [-0.2, 0) is 4.74 Å². The van der Waals surface area contributed by atoms with Gasteiger partial charge in [-0.15, -0.1) is 0 Å². The van der Waals surface area contributed by atoms with E-state index in [1.165, 1.54) is 0 Å². The van der Waals surface area contributed by atoms with E-state index < -0.39 is 0 Å². The van der Waals surface area contributed by atoms with Crippen LogP contribution in [-0.4, -0.2) is 79.4 Å². The van der Waals surface area contributed by atoms with Gasteiger partial charge in [-0.05, 0) is 40.5 Å². The number of hydrogen-bond donors (Lipinski definition) is 2. The SMILES string of the molecule is CC(C)OC(=O)NC1(CN2CCNCC2)CCN(C(C)C)CC1. The van der Waals surface area contributed by atoms with Crippen molar-refractivity contribution >= 4 is 6.09 Å². The number of nitrogens with one attached hydrogen (secondary N) is 2. The van der Waals surface area contributed by atoms with Crippen molar-refractivity contribution in [3.05, 3.63) is 0 Å². The van der Waals surface area contributed by atoms with Crippen molar-refractivity contribution in [2.45, 2.75) is 58.2 Å². The number of carbonyl (C=O) groups excluding carboxylic acids is 1. The molecule has 6 heteroatoms. The van der Waals surface area contributed by atoms with Crippen molar-refractivity contribution in [3.8, 4) is 0 Å². The van der Waals surface area contributed by atoms with E-state index in [1.54, 1.807) is 0 Å². The summed E-state index contributed by atoms with van der Waals surface area (Å²) in [5.41, 5.74) is -0.158. The van der Waals surface area contributed by atoms with Crippen LogP contribution in [0.25, 0.3) is 0 Å². The Morgan fingerprint density at radius 3 is 2.26 bits per heavy atom. The molecule has 0 bridgehead atoms. The molecular formula is C17H34N4O2. The summed E-state index contributed by atoms with van der Waals surface area (Å²) in [5.74, 6) is 0. The van der Waals surface area contributed by atoms with Gasteiger partial charge in [0.15, 0.2) is 0 Å². The Bertz CT molecular complexity index is 373. The summed E-state index contributed by atoms with van der Waals surface area (Å²) < 4.78 is 5.35. The molecule has 0 radical (unpaired) electrons. The van der Waals surface area contributed by atoms with Gasteiger partial charge in [0.2, 0.25) is 0 Å². The van der Waals surface area contributed by atoms with Gasteiger partial charge in [0.1, 0.15) is 0 Å². The van der Waals surface area contributed by atoms with Crippen LogP contribution in [0.5, 0.6) is 0 Å². The molecule has 0 aromatic heterocycles. The van der Waals surface area contributed by atoms with E-state index in [1.807, 2.05) is 13.8 Å². The first-order valence-corrected chi connectivity index (χ1v) is 9.06. The summed E-state index contributed by atoms with van der Waals surface area (Å²) in [6.45, 7) is 15.4. The molecular weight excluding hydrogens is 292 g/mol. The van der Waals surface area contributed by atoms with Crippen LogP contribution in [0.2, 0.25) is 0 Å². The van der Waals surface area contributed by atoms with Gasteiger partial charge in [0.25, 0.3) is 0 Å². The number of nitrogens with zero attached hydrogens (tertiary/aromatic N) is 2. The first-order valence-electron chi connectivity index (χ1n) is 9.06. The van der Waals surface area contributed by atoms with Crippen LogP contribution in [0.3, 0.4) is 0 Å². The van der Waals surface area contributed by atoms with Crippen LogP contribution in [0.15, 0.2) is 0 Å². The fourth-order valence-electron chi connectivity index (χ4n) is 3.55. The van der Waals surface area contributed by atoms with Gasteiger partial charge in [-0.2, -0.15) is 0 Å². The third-order valence-corrected chi connectivity index (χ3v) is 4.93. The van der Waals surface area contributed by atoms with Gasteiger partial charge >= 0.3 is 6.09 Å². The maximum atomic E-state index is 12.2. The molecule has 0 aromatic rings. The van der Waals surface area contributed by atoms with E-state index in [0.29, 0.717) is 6.04 Å². The fraction of sp³-hybridized carbons (Fsp3) is 0.941. The first-order chi connectivity index (χ1) is 10.9. The Morgan fingerprint density at radius 2 is 1.74 bits per heavy atom. The zero-order valence-corrected chi connectivity index (χ0v) is 15.2. The normalized spacial score (nSPS) is 23.2. The average molecular weight is 326 g/mol. The summed E-state index contributed by atoms with van der Waals surface area (Å²) in [5, 5.41) is 6.61. The Labute approximate surface area is 140 Å². The van der Waals surface area contributed by atoms with E-state index in [4.69, 9.17) is 4.74 Å². The van der Waals surface area contributed by atoms with Crippen molar-refractivity contribution in [1.82, 2.24) is 20.4 Å². The highest BCUT2D eigenvalue weighted by Gasteiger charge is 2.38. The number of carbonyl (C=O) groups is 1. The smallest absolute Gasteiger partial charge is 0.407 e. The molecule has 2 aliphatic rings. The zero-order chi connectivity index (χ0) is 16.9. The summed E-state index contributed by atoms with van der Waals surface area (Å²) >= 11 is 0. The van der Waals surface area contributed by atoms with Crippen molar-refractivity contribution in [2.24, 2.45) is 0 Å². The summed E-state index contributed by atoms with van der Waals surface area (Å²) in [4.78, 5) is 17.2. The molecule has 2 heterocycles. The average Bonchev–Trinajstić information content (AvgIpc) is 2.47. The Balaban J connectivity index is 2.00. The van der Waals surface area contributed by atoms with Crippen LogP contribution in [0.4, 0.5) is 4.79 Å². The lowest BCUT2D eigenvalue weighted by atomic mass is 9.86. The van der Waals surface area contributed by atoms with E-state index >= 15 is 0 Å². The minimum atomic E-state index is -0.270. The molecule has 134 valence electrons. The molecule has 0 atom stereocenters. The van der Waals surface area contributed by atoms with Crippen LogP contribution in [0, 0.1) is 0 Å². The van der Waals surface area contributed by atoms with Crippen molar-refractivity contribution in [1.29, 1.82) is 0 Å². The molecule has 1 amide bonds. The second kappa shape index (κ2) is 8.31. The van der Waals surface area contributed by atoms with Crippen molar-refractivity contribution < 1.29 is 9.53 Å².